The molecule has 0 saturated carbocycles. The molecule has 1 aromatic carbocycles. The van der Waals surface area contributed by atoms with E-state index >= 15 is 0 Å². The van der Waals surface area contributed by atoms with Gasteiger partial charge in [-0.1, -0.05) is 19.4 Å². The van der Waals surface area contributed by atoms with Crippen molar-refractivity contribution in [1.82, 2.24) is 4.98 Å². The SMILES string of the molecule is CCCc1cc(C(O)(C(F)(F)F)C(F)(F)F)ccc1Oc1cncc(C(=O)OC)c1. The predicted octanol–water partition coefficient (Wildman–Crippen LogP) is 4.93. The van der Waals surface area contributed by atoms with E-state index in [4.69, 9.17) is 4.74 Å². The number of hydrogen-bond acceptors (Lipinski definition) is 5. The summed E-state index contributed by atoms with van der Waals surface area (Å²) in [7, 11) is 1.15. The van der Waals surface area contributed by atoms with Crippen molar-refractivity contribution in [3.8, 4) is 11.5 Å². The molecule has 0 atom stereocenters. The van der Waals surface area contributed by atoms with E-state index in [2.05, 4.69) is 9.72 Å². The highest BCUT2D eigenvalue weighted by molar-refractivity contribution is 5.89. The summed E-state index contributed by atoms with van der Waals surface area (Å²) < 4.78 is 89.0. The van der Waals surface area contributed by atoms with Crippen molar-refractivity contribution in [2.75, 3.05) is 7.11 Å². The number of methoxy groups -OCH3 is 1. The fraction of sp³-hybridized carbons (Fsp3) is 0.368. The lowest BCUT2D eigenvalue weighted by atomic mass is 9.90. The first-order valence-corrected chi connectivity index (χ1v) is 8.55. The maximum Gasteiger partial charge on any atom is 0.430 e. The number of aliphatic hydroxyl groups is 1. The van der Waals surface area contributed by atoms with Crippen molar-refractivity contribution in [3.05, 3.63) is 53.3 Å². The van der Waals surface area contributed by atoms with Gasteiger partial charge in [0.2, 0.25) is 0 Å². The highest BCUT2D eigenvalue weighted by Gasteiger charge is 2.71. The molecule has 2 aromatic rings. The van der Waals surface area contributed by atoms with Crippen molar-refractivity contribution in [2.24, 2.45) is 0 Å². The third-order valence-electron chi connectivity index (χ3n) is 4.18. The predicted molar refractivity (Wildman–Crippen MR) is 92.1 cm³/mol. The lowest BCUT2D eigenvalue weighted by Crippen LogP contribution is -2.53. The summed E-state index contributed by atoms with van der Waals surface area (Å²) in [5, 5.41) is 9.60. The molecule has 0 aliphatic rings. The van der Waals surface area contributed by atoms with Crippen molar-refractivity contribution >= 4 is 5.97 Å². The summed E-state index contributed by atoms with van der Waals surface area (Å²) in [6.45, 7) is 1.66. The van der Waals surface area contributed by atoms with Crippen LogP contribution < -0.4 is 4.74 Å². The third-order valence-corrected chi connectivity index (χ3v) is 4.18. The molecule has 0 radical (unpaired) electrons. The Morgan fingerprint density at radius 2 is 1.70 bits per heavy atom. The summed E-state index contributed by atoms with van der Waals surface area (Å²) in [4.78, 5) is 15.4. The van der Waals surface area contributed by atoms with Gasteiger partial charge in [0.05, 0.1) is 18.9 Å². The number of aromatic nitrogens is 1. The first-order chi connectivity index (χ1) is 13.8. The second kappa shape index (κ2) is 8.50. The Balaban J connectivity index is 2.51. The molecule has 0 bridgehead atoms. The van der Waals surface area contributed by atoms with Crippen LogP contribution in [0, 0.1) is 0 Å². The summed E-state index contributed by atoms with van der Waals surface area (Å²) in [6, 6.07) is 3.25. The number of nitrogens with zero attached hydrogens (tertiary/aromatic N) is 1. The van der Waals surface area contributed by atoms with Gasteiger partial charge < -0.3 is 14.6 Å². The van der Waals surface area contributed by atoms with Gasteiger partial charge in [-0.2, -0.15) is 26.3 Å². The second-order valence-corrected chi connectivity index (χ2v) is 6.28. The molecule has 0 unspecified atom stereocenters. The minimum Gasteiger partial charge on any atom is -0.465 e. The van der Waals surface area contributed by atoms with Crippen LogP contribution in [0.15, 0.2) is 36.7 Å². The molecule has 1 heterocycles. The normalized spacial score (nSPS) is 12.6. The van der Waals surface area contributed by atoms with Gasteiger partial charge in [0, 0.05) is 11.8 Å². The van der Waals surface area contributed by atoms with Gasteiger partial charge in [-0.3, -0.25) is 4.98 Å². The summed E-state index contributed by atoms with van der Waals surface area (Å²) in [5.41, 5.74) is -6.37. The number of alkyl halides is 6. The number of esters is 1. The van der Waals surface area contributed by atoms with Crippen LogP contribution >= 0.6 is 0 Å². The third kappa shape index (κ3) is 4.50. The van der Waals surface area contributed by atoms with E-state index in [0.29, 0.717) is 18.6 Å². The zero-order chi connectivity index (χ0) is 22.7. The van der Waals surface area contributed by atoms with E-state index < -0.39 is 29.5 Å². The zero-order valence-electron chi connectivity index (χ0n) is 15.8. The Morgan fingerprint density at radius 3 is 2.23 bits per heavy atom. The number of ether oxygens (including phenoxy) is 2. The zero-order valence-corrected chi connectivity index (χ0v) is 15.8. The van der Waals surface area contributed by atoms with Crippen LogP contribution in [0.2, 0.25) is 0 Å². The molecule has 0 amide bonds. The largest absolute Gasteiger partial charge is 0.465 e. The molecule has 30 heavy (non-hydrogen) atoms. The monoisotopic (exact) mass is 437 g/mol. The first-order valence-electron chi connectivity index (χ1n) is 8.55. The Kier molecular flexibility index (Phi) is 6.65. The molecule has 5 nitrogen and oxygen atoms in total. The molecule has 0 fully saturated rings. The number of carbonyl (C=O) groups is 1. The lowest BCUT2D eigenvalue weighted by Gasteiger charge is -2.33. The molecule has 164 valence electrons. The van der Waals surface area contributed by atoms with Crippen LogP contribution in [0.5, 0.6) is 11.5 Å². The van der Waals surface area contributed by atoms with Crippen LogP contribution in [0.4, 0.5) is 26.3 Å². The van der Waals surface area contributed by atoms with Crippen molar-refractivity contribution < 1.29 is 45.7 Å². The topological polar surface area (TPSA) is 68.7 Å². The number of rotatable bonds is 6. The van der Waals surface area contributed by atoms with Gasteiger partial charge in [0.15, 0.2) is 0 Å². The number of benzene rings is 1. The van der Waals surface area contributed by atoms with E-state index in [0.717, 1.165) is 13.2 Å². The maximum absolute atomic E-state index is 13.2. The summed E-state index contributed by atoms with van der Waals surface area (Å²) in [5.74, 6) is -0.737. The number of pyridine rings is 1. The number of halogens is 6. The highest BCUT2D eigenvalue weighted by Crippen LogP contribution is 2.50. The average molecular weight is 437 g/mol. The fourth-order valence-corrected chi connectivity index (χ4v) is 2.69. The van der Waals surface area contributed by atoms with Gasteiger partial charge in [0.1, 0.15) is 11.5 Å². The molecule has 1 aromatic heterocycles. The van der Waals surface area contributed by atoms with Gasteiger partial charge in [-0.15, -0.1) is 0 Å². The van der Waals surface area contributed by atoms with E-state index in [1.54, 1.807) is 6.92 Å². The average Bonchev–Trinajstić information content (AvgIpc) is 2.66. The quantitative estimate of drug-likeness (QED) is 0.513. The van der Waals surface area contributed by atoms with Crippen LogP contribution in [-0.2, 0) is 16.8 Å². The Morgan fingerprint density at radius 1 is 1.07 bits per heavy atom. The minimum absolute atomic E-state index is 0.00500. The van der Waals surface area contributed by atoms with Crippen LogP contribution in [0.25, 0.3) is 0 Å². The molecular formula is C19H17F6NO4. The highest BCUT2D eigenvalue weighted by atomic mass is 19.4. The number of hydrogen-bond donors (Lipinski definition) is 1. The van der Waals surface area contributed by atoms with E-state index in [9.17, 15) is 36.2 Å². The Labute approximate surface area is 167 Å². The molecule has 0 spiro atoms. The fourth-order valence-electron chi connectivity index (χ4n) is 2.69. The van der Waals surface area contributed by atoms with E-state index in [1.807, 2.05) is 0 Å². The van der Waals surface area contributed by atoms with E-state index in [1.165, 1.54) is 18.5 Å². The minimum atomic E-state index is -5.99. The van der Waals surface area contributed by atoms with Crippen LogP contribution in [0.1, 0.15) is 34.8 Å². The number of aryl methyl sites for hydroxylation is 1. The van der Waals surface area contributed by atoms with Gasteiger partial charge in [-0.25, -0.2) is 4.79 Å². The van der Waals surface area contributed by atoms with Crippen LogP contribution in [0.3, 0.4) is 0 Å². The molecule has 0 saturated heterocycles. The molecular weight excluding hydrogens is 420 g/mol. The summed E-state index contributed by atoms with van der Waals surface area (Å²) >= 11 is 0. The molecule has 1 N–H and O–H groups in total. The lowest BCUT2D eigenvalue weighted by molar-refractivity contribution is -0.376. The smallest absolute Gasteiger partial charge is 0.430 e. The van der Waals surface area contributed by atoms with Crippen LogP contribution in [-0.4, -0.2) is 35.5 Å². The standard InChI is InChI=1S/C19H17F6NO4/c1-3-4-11-7-13(17(28,18(20,21)22)19(23,24)25)5-6-15(11)30-14-8-12(9-26-10-14)16(27)29-2/h5-10,28H,3-4H2,1-2H3. The van der Waals surface area contributed by atoms with Crippen molar-refractivity contribution in [2.45, 2.75) is 37.7 Å². The first kappa shape index (κ1) is 23.5. The van der Waals surface area contributed by atoms with Gasteiger partial charge in [-0.05, 0) is 30.2 Å². The molecule has 0 aliphatic heterocycles. The van der Waals surface area contributed by atoms with E-state index in [-0.39, 0.29) is 29.0 Å². The Bertz CT molecular complexity index is 897. The summed E-state index contributed by atoms with van der Waals surface area (Å²) in [6.07, 6.45) is -9.14. The number of carbonyl (C=O) groups excluding carboxylic acids is 1. The molecule has 0 aliphatic carbocycles. The maximum atomic E-state index is 13.2. The second-order valence-electron chi connectivity index (χ2n) is 6.28. The van der Waals surface area contributed by atoms with Crippen molar-refractivity contribution in [1.29, 1.82) is 0 Å². The van der Waals surface area contributed by atoms with Gasteiger partial charge in [0.25, 0.3) is 5.60 Å². The Hall–Kier alpha value is -2.82. The molecule has 11 heteroatoms. The van der Waals surface area contributed by atoms with Crippen molar-refractivity contribution in [3.63, 3.8) is 0 Å². The molecule has 2 rings (SSSR count). The van der Waals surface area contributed by atoms with Gasteiger partial charge >= 0.3 is 18.3 Å².